The number of rotatable bonds is 3. The Hall–Kier alpha value is 0.250. The Morgan fingerprint density at radius 2 is 1.91 bits per heavy atom. The fourth-order valence-electron chi connectivity index (χ4n) is 1.92. The maximum absolute atomic E-state index is 5.86. The largest absolute Gasteiger partial charge is 0.384 e. The highest BCUT2D eigenvalue weighted by molar-refractivity contribution is 6.18. The molecule has 0 N–H and O–H groups in total. The Balaban J connectivity index is 2.31. The molecule has 0 amide bonds. The quantitative estimate of drug-likeness (QED) is 0.601. The minimum Gasteiger partial charge on any atom is -0.384 e. The van der Waals surface area contributed by atoms with Gasteiger partial charge >= 0.3 is 0 Å². The Morgan fingerprint density at radius 3 is 2.45 bits per heavy atom. The average Bonchev–Trinajstić information content (AvgIpc) is 2.06. The lowest BCUT2D eigenvalue weighted by Gasteiger charge is -2.29. The van der Waals surface area contributed by atoms with Gasteiger partial charge in [0, 0.05) is 19.6 Å². The minimum absolute atomic E-state index is 0.713. The summed E-state index contributed by atoms with van der Waals surface area (Å²) in [6.07, 6.45) is 5.34. The summed E-state index contributed by atoms with van der Waals surface area (Å²) in [7, 11) is 1.78. The number of methoxy groups -OCH3 is 1. The molecule has 2 atom stereocenters. The van der Waals surface area contributed by atoms with Crippen molar-refractivity contribution in [3.63, 3.8) is 0 Å². The second kappa shape index (κ2) is 5.00. The molecule has 0 aliphatic heterocycles. The van der Waals surface area contributed by atoms with Gasteiger partial charge in [0.25, 0.3) is 0 Å². The van der Waals surface area contributed by atoms with E-state index >= 15 is 0 Å². The number of ether oxygens (including phenoxy) is 1. The second-order valence-electron chi connectivity index (χ2n) is 3.41. The Labute approximate surface area is 74.1 Å². The molecule has 66 valence electrons. The van der Waals surface area contributed by atoms with Crippen molar-refractivity contribution in [2.24, 2.45) is 11.8 Å². The number of halogens is 1. The van der Waals surface area contributed by atoms with Gasteiger partial charge in [0.1, 0.15) is 0 Å². The third kappa shape index (κ3) is 2.64. The van der Waals surface area contributed by atoms with E-state index in [1.165, 1.54) is 25.7 Å². The van der Waals surface area contributed by atoms with Gasteiger partial charge in [-0.15, -0.1) is 11.6 Å². The molecule has 1 nitrogen and oxygen atoms in total. The average molecular weight is 177 g/mol. The predicted octanol–water partition coefficient (Wildman–Crippen LogP) is 2.68. The number of hydrogen-bond donors (Lipinski definition) is 0. The van der Waals surface area contributed by atoms with Crippen LogP contribution in [-0.4, -0.2) is 19.6 Å². The van der Waals surface area contributed by atoms with Crippen molar-refractivity contribution in [2.75, 3.05) is 19.6 Å². The lowest BCUT2D eigenvalue weighted by molar-refractivity contribution is 0.102. The van der Waals surface area contributed by atoms with Gasteiger partial charge in [-0.25, -0.2) is 0 Å². The van der Waals surface area contributed by atoms with E-state index in [-0.39, 0.29) is 0 Å². The van der Waals surface area contributed by atoms with Crippen LogP contribution in [0.3, 0.4) is 0 Å². The number of alkyl halides is 1. The van der Waals surface area contributed by atoms with Crippen LogP contribution in [0.2, 0.25) is 0 Å². The first-order valence-corrected chi connectivity index (χ1v) is 4.97. The van der Waals surface area contributed by atoms with Crippen molar-refractivity contribution in [3.05, 3.63) is 0 Å². The third-order valence-corrected chi connectivity index (χ3v) is 3.04. The van der Waals surface area contributed by atoms with Crippen LogP contribution in [0.25, 0.3) is 0 Å². The van der Waals surface area contributed by atoms with E-state index in [9.17, 15) is 0 Å². The summed E-state index contributed by atoms with van der Waals surface area (Å²) in [6, 6.07) is 0. The highest BCUT2D eigenvalue weighted by Crippen LogP contribution is 2.30. The smallest absolute Gasteiger partial charge is 0.0493 e. The van der Waals surface area contributed by atoms with Crippen LogP contribution < -0.4 is 0 Å². The van der Waals surface area contributed by atoms with Gasteiger partial charge in [0.05, 0.1) is 0 Å². The van der Waals surface area contributed by atoms with E-state index in [2.05, 4.69) is 0 Å². The fourth-order valence-corrected chi connectivity index (χ4v) is 2.33. The van der Waals surface area contributed by atoms with Crippen LogP contribution in [0, 0.1) is 11.8 Å². The zero-order valence-electron chi connectivity index (χ0n) is 7.18. The number of hydrogen-bond acceptors (Lipinski definition) is 1. The molecule has 0 aromatic rings. The van der Waals surface area contributed by atoms with E-state index in [1.807, 2.05) is 0 Å². The summed E-state index contributed by atoms with van der Waals surface area (Å²) in [5.74, 6) is 2.25. The maximum Gasteiger partial charge on any atom is 0.0493 e. The molecular weight excluding hydrogens is 160 g/mol. The normalized spacial score (nSPS) is 32.2. The van der Waals surface area contributed by atoms with Crippen LogP contribution in [0.15, 0.2) is 0 Å². The molecule has 0 aromatic heterocycles. The lowest BCUT2D eigenvalue weighted by atomic mass is 9.81. The molecule has 0 heterocycles. The molecule has 0 spiro atoms. The molecule has 0 aromatic carbocycles. The van der Waals surface area contributed by atoms with Gasteiger partial charge < -0.3 is 4.74 Å². The molecular formula is C9H17ClO. The van der Waals surface area contributed by atoms with Gasteiger partial charge in [0.15, 0.2) is 0 Å². The van der Waals surface area contributed by atoms with Crippen LogP contribution in [0.1, 0.15) is 25.7 Å². The van der Waals surface area contributed by atoms with Gasteiger partial charge in [-0.2, -0.15) is 0 Å². The zero-order valence-corrected chi connectivity index (χ0v) is 7.94. The van der Waals surface area contributed by atoms with Crippen LogP contribution >= 0.6 is 11.6 Å². The van der Waals surface area contributed by atoms with Crippen LogP contribution in [0.5, 0.6) is 0 Å². The van der Waals surface area contributed by atoms with Crippen LogP contribution in [0.4, 0.5) is 0 Å². The summed E-state index contributed by atoms with van der Waals surface area (Å²) in [6.45, 7) is 0.900. The molecule has 0 radical (unpaired) electrons. The summed E-state index contributed by atoms with van der Waals surface area (Å²) >= 11 is 5.86. The summed E-state index contributed by atoms with van der Waals surface area (Å²) in [5, 5.41) is 0. The van der Waals surface area contributed by atoms with E-state index in [4.69, 9.17) is 16.3 Å². The van der Waals surface area contributed by atoms with Crippen molar-refractivity contribution < 1.29 is 4.74 Å². The van der Waals surface area contributed by atoms with E-state index < -0.39 is 0 Å². The van der Waals surface area contributed by atoms with Gasteiger partial charge in [-0.3, -0.25) is 0 Å². The first-order valence-electron chi connectivity index (χ1n) is 4.43. The summed E-state index contributed by atoms with van der Waals surface area (Å²) < 4.78 is 5.15. The van der Waals surface area contributed by atoms with Gasteiger partial charge in [-0.05, 0) is 24.7 Å². The van der Waals surface area contributed by atoms with Crippen LogP contribution in [-0.2, 0) is 4.74 Å². The molecule has 1 aliphatic rings. The second-order valence-corrected chi connectivity index (χ2v) is 3.72. The maximum atomic E-state index is 5.86. The zero-order chi connectivity index (χ0) is 8.10. The van der Waals surface area contributed by atoms with Gasteiger partial charge in [-0.1, -0.05) is 12.8 Å². The summed E-state index contributed by atoms with van der Waals surface area (Å²) in [4.78, 5) is 0. The van der Waals surface area contributed by atoms with Crippen molar-refractivity contribution in [3.8, 4) is 0 Å². The van der Waals surface area contributed by atoms with Crippen molar-refractivity contribution in [2.45, 2.75) is 25.7 Å². The molecule has 1 fully saturated rings. The highest BCUT2D eigenvalue weighted by atomic mass is 35.5. The molecule has 1 aliphatic carbocycles. The standard InChI is InChI=1S/C9H17ClO/c1-11-7-9-5-3-2-4-8(9)6-10/h8-9H,2-7H2,1H3/t8-,9-/m1/s1. The molecule has 0 unspecified atom stereocenters. The molecule has 1 rings (SSSR count). The lowest BCUT2D eigenvalue weighted by Crippen LogP contribution is -2.24. The van der Waals surface area contributed by atoms with Crippen molar-refractivity contribution >= 4 is 11.6 Å². The third-order valence-electron chi connectivity index (χ3n) is 2.65. The Bertz CT molecular complexity index is 104. The highest BCUT2D eigenvalue weighted by Gasteiger charge is 2.23. The van der Waals surface area contributed by atoms with Crippen molar-refractivity contribution in [1.82, 2.24) is 0 Å². The minimum atomic E-state index is 0.713. The molecule has 11 heavy (non-hydrogen) atoms. The Morgan fingerprint density at radius 1 is 1.27 bits per heavy atom. The topological polar surface area (TPSA) is 9.23 Å². The monoisotopic (exact) mass is 176 g/mol. The molecule has 0 saturated heterocycles. The molecule has 2 heteroatoms. The van der Waals surface area contributed by atoms with E-state index in [0.717, 1.165) is 18.4 Å². The molecule has 0 bridgehead atoms. The molecule has 1 saturated carbocycles. The van der Waals surface area contributed by atoms with Gasteiger partial charge in [0.2, 0.25) is 0 Å². The predicted molar refractivity (Wildman–Crippen MR) is 48.0 cm³/mol. The van der Waals surface area contributed by atoms with Crippen molar-refractivity contribution in [1.29, 1.82) is 0 Å². The Kier molecular flexibility index (Phi) is 4.24. The summed E-state index contributed by atoms with van der Waals surface area (Å²) in [5.41, 5.74) is 0. The first kappa shape index (κ1) is 9.34. The van der Waals surface area contributed by atoms with E-state index in [0.29, 0.717) is 5.92 Å². The SMILES string of the molecule is COC[C@H]1CCCC[C@@H]1CCl. The van der Waals surface area contributed by atoms with E-state index in [1.54, 1.807) is 7.11 Å². The first-order chi connectivity index (χ1) is 5.38. The fraction of sp³-hybridized carbons (Fsp3) is 1.00.